The lowest BCUT2D eigenvalue weighted by Crippen LogP contribution is -2.49. The molecule has 33 heavy (non-hydrogen) atoms. The second kappa shape index (κ2) is 8.64. The third-order valence-electron chi connectivity index (χ3n) is 6.30. The summed E-state index contributed by atoms with van der Waals surface area (Å²) in [5.41, 5.74) is 2.91. The van der Waals surface area contributed by atoms with E-state index in [9.17, 15) is 17.6 Å². The van der Waals surface area contributed by atoms with Crippen LogP contribution in [0.25, 0.3) is 0 Å². The average molecular weight is 489 g/mol. The number of carbonyl (C=O) groups excluding carboxylic acids is 1. The van der Waals surface area contributed by atoms with E-state index in [0.29, 0.717) is 42.6 Å². The predicted molar refractivity (Wildman–Crippen MR) is 131 cm³/mol. The minimum atomic E-state index is -2.99. The van der Waals surface area contributed by atoms with E-state index in [1.165, 1.54) is 17.8 Å². The molecule has 2 fully saturated rings. The quantitative estimate of drug-likeness (QED) is 0.716. The predicted octanol–water partition coefficient (Wildman–Crippen LogP) is 2.78. The number of hydrogen-bond acceptors (Lipinski definition) is 7. The Hall–Kier alpha value is -2.59. The molecular formula is C23H25FN4O3S2. The number of aryl methyl sites for hydroxylation is 1. The first-order valence-electron chi connectivity index (χ1n) is 10.9. The van der Waals surface area contributed by atoms with Crippen LogP contribution in [0.4, 0.5) is 15.8 Å². The number of nitrogens with one attached hydrogen (secondary N) is 1. The summed E-state index contributed by atoms with van der Waals surface area (Å²) >= 11 is 1.46. The second-order valence-electron chi connectivity index (χ2n) is 8.62. The number of nitrogens with zero attached hydrogens (tertiary/aromatic N) is 3. The van der Waals surface area contributed by atoms with Crippen LogP contribution < -0.4 is 10.2 Å². The van der Waals surface area contributed by atoms with Crippen LogP contribution in [0.15, 0.2) is 47.5 Å². The first-order valence-corrected chi connectivity index (χ1v) is 13.6. The fourth-order valence-electron chi connectivity index (χ4n) is 4.46. The van der Waals surface area contributed by atoms with Crippen LogP contribution in [0.5, 0.6) is 0 Å². The van der Waals surface area contributed by atoms with Crippen molar-refractivity contribution in [1.82, 2.24) is 4.90 Å². The number of sulfone groups is 1. The van der Waals surface area contributed by atoms with Gasteiger partial charge in [-0.25, -0.2) is 12.8 Å². The Balaban J connectivity index is 1.25. The van der Waals surface area contributed by atoms with Gasteiger partial charge in [-0.15, -0.1) is 0 Å². The highest BCUT2D eigenvalue weighted by molar-refractivity contribution is 8.15. The summed E-state index contributed by atoms with van der Waals surface area (Å²) in [5, 5.41) is 3.96. The summed E-state index contributed by atoms with van der Waals surface area (Å²) in [6, 6.07) is 12.0. The molecule has 0 aliphatic carbocycles. The van der Waals surface area contributed by atoms with Gasteiger partial charge < -0.3 is 15.1 Å². The second-order valence-corrected chi connectivity index (χ2v) is 12.0. The van der Waals surface area contributed by atoms with Gasteiger partial charge in [0.1, 0.15) is 5.82 Å². The summed E-state index contributed by atoms with van der Waals surface area (Å²) in [6.07, 6.45) is 0. The van der Waals surface area contributed by atoms with Gasteiger partial charge in [-0.1, -0.05) is 30.0 Å². The summed E-state index contributed by atoms with van der Waals surface area (Å²) in [6.45, 7) is 4.13. The Bertz CT molecular complexity index is 1230. The maximum atomic E-state index is 14.1. The molecule has 3 aliphatic rings. The zero-order valence-corrected chi connectivity index (χ0v) is 19.8. The van der Waals surface area contributed by atoms with E-state index in [1.54, 1.807) is 17.0 Å². The molecule has 2 aromatic rings. The number of aliphatic imine (C=N–C) groups is 1. The fraction of sp³-hybridized carbons (Fsp3) is 0.391. The Labute approximate surface area is 197 Å². The molecule has 5 rings (SSSR count). The monoisotopic (exact) mass is 488 g/mol. The Kier molecular flexibility index (Phi) is 5.82. The first kappa shape index (κ1) is 22.2. The minimum Gasteiger partial charge on any atom is -0.366 e. The number of thioether (sulfide) groups is 1. The minimum absolute atomic E-state index is 0.0339. The standard InChI is InChI=1S/C23H25FN4O3S2/c1-15-6-7-16(12-18(15)25-23-26-19-13-33(30,31)14-21(19)32-23)22(29)28-10-8-27(9-11-28)20-5-3-2-4-17(20)24/h2-7,12,19,21H,8-11,13-14H2,1H3,(H,25,26)/t19-,21-/m1/s1. The third kappa shape index (κ3) is 4.59. The van der Waals surface area contributed by atoms with Gasteiger partial charge in [0.05, 0.1) is 23.2 Å². The van der Waals surface area contributed by atoms with Crippen LogP contribution in [0, 0.1) is 12.7 Å². The van der Waals surface area contributed by atoms with Crippen LogP contribution >= 0.6 is 11.8 Å². The molecule has 2 atom stereocenters. The van der Waals surface area contributed by atoms with Crippen molar-refractivity contribution in [2.24, 2.45) is 4.99 Å². The van der Waals surface area contributed by atoms with Crippen molar-refractivity contribution in [1.29, 1.82) is 0 Å². The average Bonchev–Trinajstić information content (AvgIpc) is 3.28. The van der Waals surface area contributed by atoms with Gasteiger partial charge in [0.25, 0.3) is 5.91 Å². The molecule has 0 unspecified atom stereocenters. The zero-order chi connectivity index (χ0) is 23.2. The third-order valence-corrected chi connectivity index (χ3v) is 9.45. The molecule has 174 valence electrons. The number of piperazine rings is 1. The van der Waals surface area contributed by atoms with E-state index in [-0.39, 0.29) is 34.5 Å². The molecular weight excluding hydrogens is 463 g/mol. The molecule has 2 saturated heterocycles. The van der Waals surface area contributed by atoms with Gasteiger partial charge in [0.2, 0.25) is 0 Å². The van der Waals surface area contributed by atoms with E-state index in [2.05, 4.69) is 10.3 Å². The van der Waals surface area contributed by atoms with Gasteiger partial charge in [-0.2, -0.15) is 0 Å². The topological polar surface area (TPSA) is 82.1 Å². The van der Waals surface area contributed by atoms with Crippen LogP contribution in [0.1, 0.15) is 15.9 Å². The molecule has 0 saturated carbocycles. The van der Waals surface area contributed by atoms with E-state index in [0.717, 1.165) is 11.3 Å². The highest BCUT2D eigenvalue weighted by Crippen LogP contribution is 2.35. The zero-order valence-electron chi connectivity index (χ0n) is 18.2. The number of hydrogen-bond donors (Lipinski definition) is 1. The largest absolute Gasteiger partial charge is 0.366 e. The molecule has 3 heterocycles. The van der Waals surface area contributed by atoms with Crippen LogP contribution in [0.3, 0.4) is 0 Å². The Morgan fingerprint density at radius 3 is 2.61 bits per heavy atom. The highest BCUT2D eigenvalue weighted by Gasteiger charge is 2.42. The van der Waals surface area contributed by atoms with Crippen molar-refractivity contribution in [3.05, 3.63) is 59.4 Å². The van der Waals surface area contributed by atoms with Crippen molar-refractivity contribution in [3.63, 3.8) is 0 Å². The van der Waals surface area contributed by atoms with Crippen molar-refractivity contribution in [2.45, 2.75) is 18.2 Å². The molecule has 0 aromatic heterocycles. The lowest BCUT2D eigenvalue weighted by Gasteiger charge is -2.36. The summed E-state index contributed by atoms with van der Waals surface area (Å²) < 4.78 is 37.7. The highest BCUT2D eigenvalue weighted by atomic mass is 32.2. The van der Waals surface area contributed by atoms with Gasteiger partial charge in [0.15, 0.2) is 15.0 Å². The maximum Gasteiger partial charge on any atom is 0.254 e. The van der Waals surface area contributed by atoms with Crippen molar-refractivity contribution in [2.75, 3.05) is 47.9 Å². The number of amidine groups is 1. The van der Waals surface area contributed by atoms with Crippen molar-refractivity contribution in [3.8, 4) is 0 Å². The first-order chi connectivity index (χ1) is 15.8. The lowest BCUT2D eigenvalue weighted by molar-refractivity contribution is 0.0746. The molecule has 1 amide bonds. The van der Waals surface area contributed by atoms with E-state index >= 15 is 0 Å². The Morgan fingerprint density at radius 1 is 1.12 bits per heavy atom. The molecule has 0 radical (unpaired) electrons. The number of rotatable bonds is 3. The number of amides is 1. The molecule has 7 nitrogen and oxygen atoms in total. The van der Waals surface area contributed by atoms with Gasteiger partial charge in [0, 0.05) is 42.7 Å². The van der Waals surface area contributed by atoms with Gasteiger partial charge >= 0.3 is 0 Å². The number of para-hydroxylation sites is 1. The fourth-order valence-corrected chi connectivity index (χ4v) is 8.13. The Morgan fingerprint density at radius 2 is 1.88 bits per heavy atom. The van der Waals surface area contributed by atoms with Crippen molar-refractivity contribution >= 4 is 44.0 Å². The summed E-state index contributed by atoms with van der Waals surface area (Å²) in [5.74, 6) is -0.0456. The van der Waals surface area contributed by atoms with E-state index in [4.69, 9.17) is 0 Å². The number of carbonyl (C=O) groups is 1. The molecule has 0 bridgehead atoms. The molecule has 2 aromatic carbocycles. The van der Waals surface area contributed by atoms with E-state index < -0.39 is 9.84 Å². The normalized spacial score (nSPS) is 23.9. The number of anilines is 2. The maximum absolute atomic E-state index is 14.1. The molecule has 0 spiro atoms. The van der Waals surface area contributed by atoms with Gasteiger partial charge in [-0.3, -0.25) is 9.79 Å². The molecule has 10 heteroatoms. The number of benzene rings is 2. The smallest absolute Gasteiger partial charge is 0.254 e. The molecule has 3 aliphatic heterocycles. The number of halogens is 1. The SMILES string of the molecule is Cc1ccc(C(=O)N2CCN(c3ccccc3F)CC2)cc1NC1=N[C@@H]2CS(=O)(=O)C[C@H]2S1. The number of fused-ring (bicyclic) bond motifs is 1. The summed E-state index contributed by atoms with van der Waals surface area (Å²) in [4.78, 5) is 21.5. The van der Waals surface area contributed by atoms with Crippen LogP contribution in [-0.2, 0) is 9.84 Å². The van der Waals surface area contributed by atoms with Gasteiger partial charge in [-0.05, 0) is 36.8 Å². The molecule has 1 N–H and O–H groups in total. The van der Waals surface area contributed by atoms with Crippen LogP contribution in [-0.4, -0.2) is 73.4 Å². The van der Waals surface area contributed by atoms with Crippen molar-refractivity contribution < 1.29 is 17.6 Å². The van der Waals surface area contributed by atoms with Crippen LogP contribution in [0.2, 0.25) is 0 Å². The summed E-state index contributed by atoms with van der Waals surface area (Å²) in [7, 11) is -2.99. The lowest BCUT2D eigenvalue weighted by atomic mass is 10.1. The van der Waals surface area contributed by atoms with E-state index in [1.807, 2.05) is 36.1 Å².